The van der Waals surface area contributed by atoms with Crippen LogP contribution in [0.2, 0.25) is 0 Å². The first-order valence-corrected chi connectivity index (χ1v) is 6.35. The monoisotopic (exact) mass is 261 g/mol. The number of aryl methyl sites for hydroxylation is 3. The summed E-state index contributed by atoms with van der Waals surface area (Å²) in [5.41, 5.74) is 4.46. The van der Waals surface area contributed by atoms with E-state index >= 15 is 0 Å². The van der Waals surface area contributed by atoms with Crippen LogP contribution in [0.5, 0.6) is 0 Å². The van der Waals surface area contributed by atoms with E-state index in [-0.39, 0.29) is 0 Å². The van der Waals surface area contributed by atoms with E-state index in [9.17, 15) is 4.79 Å². The Morgan fingerprint density at radius 3 is 2.74 bits per heavy atom. The van der Waals surface area contributed by atoms with Gasteiger partial charge in [-0.15, -0.1) is 0 Å². The molecule has 102 valence electrons. The molecule has 1 atom stereocenters. The molecule has 0 bridgehead atoms. The average Bonchev–Trinajstić information content (AvgIpc) is 2.73. The normalized spacial score (nSPS) is 12.8. The molecule has 19 heavy (non-hydrogen) atoms. The first kappa shape index (κ1) is 13.5. The summed E-state index contributed by atoms with van der Waals surface area (Å²) in [5.74, 6) is -0.820. The number of rotatable bonds is 5. The zero-order chi connectivity index (χ0) is 14.0. The van der Waals surface area contributed by atoms with Crippen LogP contribution >= 0.6 is 0 Å². The van der Waals surface area contributed by atoms with Gasteiger partial charge < -0.3 is 15.0 Å². The third-order valence-electron chi connectivity index (χ3n) is 3.54. The third-order valence-corrected chi connectivity index (χ3v) is 3.54. The van der Waals surface area contributed by atoms with E-state index in [4.69, 9.17) is 5.11 Å². The molecule has 0 spiro atoms. The molecule has 0 amide bonds. The SMILES string of the molecule is CNC(CCn1cnc2cc(C)c(C)cc21)C(=O)O. The molecular weight excluding hydrogens is 242 g/mol. The molecule has 1 aromatic heterocycles. The van der Waals surface area contributed by atoms with Gasteiger partial charge >= 0.3 is 5.97 Å². The Morgan fingerprint density at radius 2 is 2.11 bits per heavy atom. The molecule has 0 fully saturated rings. The zero-order valence-corrected chi connectivity index (χ0v) is 11.5. The first-order chi connectivity index (χ1) is 9.02. The predicted molar refractivity (Wildman–Crippen MR) is 74.3 cm³/mol. The molecular formula is C14H19N3O2. The summed E-state index contributed by atoms with van der Waals surface area (Å²) >= 11 is 0. The average molecular weight is 261 g/mol. The van der Waals surface area contributed by atoms with E-state index < -0.39 is 12.0 Å². The van der Waals surface area contributed by atoms with Crippen molar-refractivity contribution >= 4 is 17.0 Å². The second-order valence-electron chi connectivity index (χ2n) is 4.83. The van der Waals surface area contributed by atoms with Crippen molar-refractivity contribution in [2.24, 2.45) is 0 Å². The van der Waals surface area contributed by atoms with Gasteiger partial charge in [-0.05, 0) is 50.6 Å². The Morgan fingerprint density at radius 1 is 1.42 bits per heavy atom. The van der Waals surface area contributed by atoms with Gasteiger partial charge in [0.2, 0.25) is 0 Å². The number of imidazole rings is 1. The number of nitrogens with one attached hydrogen (secondary N) is 1. The minimum absolute atomic E-state index is 0.524. The number of aromatic nitrogens is 2. The molecule has 0 radical (unpaired) electrons. The number of aliphatic carboxylic acids is 1. The lowest BCUT2D eigenvalue weighted by molar-refractivity contribution is -0.139. The molecule has 2 N–H and O–H groups in total. The minimum Gasteiger partial charge on any atom is -0.480 e. The summed E-state index contributed by atoms with van der Waals surface area (Å²) in [6, 6.07) is 3.64. The number of hydrogen-bond donors (Lipinski definition) is 2. The van der Waals surface area contributed by atoms with Crippen LogP contribution in [0.3, 0.4) is 0 Å². The van der Waals surface area contributed by atoms with Crippen molar-refractivity contribution in [1.82, 2.24) is 14.9 Å². The highest BCUT2D eigenvalue weighted by molar-refractivity contribution is 5.77. The zero-order valence-electron chi connectivity index (χ0n) is 11.5. The van der Waals surface area contributed by atoms with Gasteiger partial charge in [0.25, 0.3) is 0 Å². The van der Waals surface area contributed by atoms with Gasteiger partial charge in [0, 0.05) is 6.54 Å². The van der Waals surface area contributed by atoms with E-state index in [0.717, 1.165) is 11.0 Å². The quantitative estimate of drug-likeness (QED) is 0.860. The molecule has 1 aromatic carbocycles. The number of hydrogen-bond acceptors (Lipinski definition) is 3. The summed E-state index contributed by atoms with van der Waals surface area (Å²) in [7, 11) is 1.66. The largest absolute Gasteiger partial charge is 0.480 e. The summed E-state index contributed by atoms with van der Waals surface area (Å²) in [6.45, 7) is 4.77. The lowest BCUT2D eigenvalue weighted by atomic mass is 10.1. The van der Waals surface area contributed by atoms with Crippen LogP contribution in [-0.4, -0.2) is 33.7 Å². The van der Waals surface area contributed by atoms with Crippen LogP contribution in [0.15, 0.2) is 18.5 Å². The van der Waals surface area contributed by atoms with E-state index in [1.807, 2.05) is 4.57 Å². The molecule has 2 aromatic rings. The van der Waals surface area contributed by atoms with Gasteiger partial charge in [0.1, 0.15) is 6.04 Å². The van der Waals surface area contributed by atoms with Crippen LogP contribution in [0.25, 0.3) is 11.0 Å². The predicted octanol–water partition coefficient (Wildman–Crippen LogP) is 1.72. The maximum Gasteiger partial charge on any atom is 0.320 e. The third kappa shape index (κ3) is 2.76. The Hall–Kier alpha value is -1.88. The van der Waals surface area contributed by atoms with Gasteiger partial charge in [0.15, 0.2) is 0 Å². The van der Waals surface area contributed by atoms with E-state index in [0.29, 0.717) is 13.0 Å². The number of carbonyl (C=O) groups is 1. The summed E-state index contributed by atoms with van der Waals surface area (Å²) in [4.78, 5) is 15.3. The highest BCUT2D eigenvalue weighted by Crippen LogP contribution is 2.18. The molecule has 5 nitrogen and oxygen atoms in total. The second-order valence-corrected chi connectivity index (χ2v) is 4.83. The van der Waals surface area contributed by atoms with Gasteiger partial charge in [-0.3, -0.25) is 4.79 Å². The van der Waals surface area contributed by atoms with E-state index in [2.05, 4.69) is 36.3 Å². The summed E-state index contributed by atoms with van der Waals surface area (Å²) < 4.78 is 2.01. The molecule has 0 aliphatic heterocycles. The lowest BCUT2D eigenvalue weighted by Crippen LogP contribution is -2.34. The molecule has 2 rings (SSSR count). The van der Waals surface area contributed by atoms with Crippen LogP contribution in [-0.2, 0) is 11.3 Å². The Balaban J connectivity index is 2.22. The Kier molecular flexibility index (Phi) is 3.85. The molecule has 5 heteroatoms. The lowest BCUT2D eigenvalue weighted by Gasteiger charge is -2.12. The highest BCUT2D eigenvalue weighted by atomic mass is 16.4. The van der Waals surface area contributed by atoms with Crippen LogP contribution in [0.4, 0.5) is 0 Å². The number of carboxylic acid groups (broad SMARTS) is 1. The van der Waals surface area contributed by atoms with Crippen molar-refractivity contribution in [3.8, 4) is 0 Å². The molecule has 0 saturated carbocycles. The maximum absolute atomic E-state index is 11.0. The van der Waals surface area contributed by atoms with Crippen molar-refractivity contribution in [2.75, 3.05) is 7.05 Å². The van der Waals surface area contributed by atoms with Gasteiger partial charge in [-0.25, -0.2) is 4.98 Å². The minimum atomic E-state index is -0.820. The van der Waals surface area contributed by atoms with Crippen molar-refractivity contribution in [2.45, 2.75) is 32.9 Å². The first-order valence-electron chi connectivity index (χ1n) is 6.35. The number of benzene rings is 1. The fraction of sp³-hybridized carbons (Fsp3) is 0.429. The van der Waals surface area contributed by atoms with Crippen LogP contribution < -0.4 is 5.32 Å². The van der Waals surface area contributed by atoms with E-state index in [1.165, 1.54) is 11.1 Å². The fourth-order valence-corrected chi connectivity index (χ4v) is 2.15. The maximum atomic E-state index is 11.0. The van der Waals surface area contributed by atoms with E-state index in [1.54, 1.807) is 13.4 Å². The second kappa shape index (κ2) is 5.40. The topological polar surface area (TPSA) is 67.2 Å². The van der Waals surface area contributed by atoms with Crippen LogP contribution in [0, 0.1) is 13.8 Å². The van der Waals surface area contributed by atoms with Gasteiger partial charge in [-0.1, -0.05) is 0 Å². The van der Waals surface area contributed by atoms with Gasteiger partial charge in [0.05, 0.1) is 17.4 Å². The summed E-state index contributed by atoms with van der Waals surface area (Å²) in [5, 5.41) is 11.8. The smallest absolute Gasteiger partial charge is 0.320 e. The number of fused-ring (bicyclic) bond motifs is 1. The van der Waals surface area contributed by atoms with Crippen molar-refractivity contribution in [1.29, 1.82) is 0 Å². The summed E-state index contributed by atoms with van der Waals surface area (Å²) in [6.07, 6.45) is 2.31. The Labute approximate surface area is 112 Å². The Bertz CT molecular complexity index is 604. The molecule has 0 aliphatic carbocycles. The van der Waals surface area contributed by atoms with Gasteiger partial charge in [-0.2, -0.15) is 0 Å². The standard InChI is InChI=1S/C14H19N3O2/c1-9-6-12-13(7-10(9)2)17(8-16-12)5-4-11(15-3)14(18)19/h6-8,11,15H,4-5H2,1-3H3,(H,18,19). The molecule has 0 saturated heterocycles. The molecule has 0 aliphatic rings. The number of likely N-dealkylation sites (N-methyl/N-ethyl adjacent to an activating group) is 1. The fourth-order valence-electron chi connectivity index (χ4n) is 2.15. The molecule has 1 unspecified atom stereocenters. The number of carboxylic acids is 1. The van der Waals surface area contributed by atoms with Crippen molar-refractivity contribution in [3.63, 3.8) is 0 Å². The number of nitrogens with zero attached hydrogens (tertiary/aromatic N) is 2. The van der Waals surface area contributed by atoms with Crippen molar-refractivity contribution in [3.05, 3.63) is 29.6 Å². The highest BCUT2D eigenvalue weighted by Gasteiger charge is 2.15. The molecule has 1 heterocycles. The van der Waals surface area contributed by atoms with Crippen molar-refractivity contribution < 1.29 is 9.90 Å². The van der Waals surface area contributed by atoms with Crippen LogP contribution in [0.1, 0.15) is 17.5 Å².